The summed E-state index contributed by atoms with van der Waals surface area (Å²) in [6, 6.07) is 11.1. The van der Waals surface area contributed by atoms with Crippen molar-refractivity contribution in [2.24, 2.45) is 23.5 Å². The second kappa shape index (κ2) is 7.64. The summed E-state index contributed by atoms with van der Waals surface area (Å²) in [5, 5.41) is 2.07. The van der Waals surface area contributed by atoms with Crippen LogP contribution in [0.3, 0.4) is 0 Å². The highest BCUT2D eigenvalue weighted by molar-refractivity contribution is 6.33. The summed E-state index contributed by atoms with van der Waals surface area (Å²) in [5.74, 6) is 2.88. The minimum absolute atomic E-state index is 0.414. The summed E-state index contributed by atoms with van der Waals surface area (Å²) in [7, 11) is 0. The Morgan fingerprint density at radius 1 is 1.03 bits per heavy atom. The van der Waals surface area contributed by atoms with Crippen molar-refractivity contribution < 1.29 is 0 Å². The van der Waals surface area contributed by atoms with Crippen LogP contribution in [0.2, 0.25) is 5.02 Å². The van der Waals surface area contributed by atoms with E-state index in [2.05, 4.69) is 28.2 Å². The van der Waals surface area contributed by atoms with E-state index < -0.39 is 0 Å². The topological polar surface area (TPSA) is 54.7 Å². The van der Waals surface area contributed by atoms with Crippen LogP contribution in [-0.2, 0) is 11.8 Å². The molecular formula is C27H32ClN3. The molecule has 2 heterocycles. The molecule has 2 aromatic heterocycles. The molecule has 0 aliphatic heterocycles. The minimum atomic E-state index is 0.414. The number of aryl methyl sites for hydroxylation is 1. The van der Waals surface area contributed by atoms with E-state index in [1.165, 1.54) is 55.0 Å². The molecule has 0 radical (unpaired) electrons. The lowest BCUT2D eigenvalue weighted by Crippen LogP contribution is -2.48. The summed E-state index contributed by atoms with van der Waals surface area (Å²) in [6.07, 6.45) is 13.6. The Balaban J connectivity index is 1.46. The lowest BCUT2D eigenvalue weighted by Gasteiger charge is -2.57. The van der Waals surface area contributed by atoms with Gasteiger partial charge in [0.25, 0.3) is 0 Å². The molecule has 4 aliphatic rings. The van der Waals surface area contributed by atoms with Crippen LogP contribution >= 0.6 is 11.6 Å². The van der Waals surface area contributed by atoms with Gasteiger partial charge in [-0.2, -0.15) is 0 Å². The predicted molar refractivity (Wildman–Crippen MR) is 128 cm³/mol. The third-order valence-corrected chi connectivity index (χ3v) is 8.74. The highest BCUT2D eigenvalue weighted by atomic mass is 35.5. The van der Waals surface area contributed by atoms with Crippen molar-refractivity contribution >= 4 is 22.5 Å². The maximum Gasteiger partial charge on any atom is 0.105 e. The SMILES string of the molecule is NCCCCc1c(-c2ncccc2Cl)[nH]c2ccc(C34CC5CC(CC(C5)C3)C4)cc12. The second-order valence-corrected chi connectivity index (χ2v) is 10.9. The first-order valence-corrected chi connectivity index (χ1v) is 12.5. The van der Waals surface area contributed by atoms with Crippen molar-refractivity contribution in [1.29, 1.82) is 0 Å². The summed E-state index contributed by atoms with van der Waals surface area (Å²) in [6.45, 7) is 0.737. The van der Waals surface area contributed by atoms with Crippen LogP contribution in [0.5, 0.6) is 0 Å². The van der Waals surface area contributed by atoms with E-state index in [0.717, 1.165) is 54.9 Å². The van der Waals surface area contributed by atoms with Gasteiger partial charge >= 0.3 is 0 Å². The summed E-state index contributed by atoms with van der Waals surface area (Å²) < 4.78 is 0. The molecule has 4 heteroatoms. The predicted octanol–water partition coefficient (Wildman–Crippen LogP) is 6.63. The smallest absolute Gasteiger partial charge is 0.105 e. The van der Waals surface area contributed by atoms with Crippen LogP contribution in [0.15, 0.2) is 36.5 Å². The normalized spacial score (nSPS) is 29.2. The molecule has 0 spiro atoms. The monoisotopic (exact) mass is 433 g/mol. The Morgan fingerprint density at radius 2 is 1.77 bits per heavy atom. The van der Waals surface area contributed by atoms with E-state index in [1.807, 2.05) is 18.3 Å². The molecule has 4 fully saturated rings. The highest BCUT2D eigenvalue weighted by Gasteiger charge is 2.51. The van der Waals surface area contributed by atoms with E-state index in [-0.39, 0.29) is 0 Å². The lowest BCUT2D eigenvalue weighted by molar-refractivity contribution is -0.00513. The minimum Gasteiger partial charge on any atom is -0.353 e. The molecule has 3 nitrogen and oxygen atoms in total. The number of nitrogens with zero attached hydrogens (tertiary/aromatic N) is 1. The summed E-state index contributed by atoms with van der Waals surface area (Å²) in [4.78, 5) is 8.29. The largest absolute Gasteiger partial charge is 0.353 e. The van der Waals surface area contributed by atoms with E-state index in [9.17, 15) is 0 Å². The number of nitrogens with two attached hydrogens (primary N) is 1. The fourth-order valence-electron chi connectivity index (χ4n) is 7.52. The van der Waals surface area contributed by atoms with Crippen LogP contribution < -0.4 is 5.73 Å². The zero-order valence-electron chi connectivity index (χ0n) is 18.2. The summed E-state index contributed by atoms with van der Waals surface area (Å²) in [5.41, 5.74) is 12.3. The number of H-pyrrole nitrogens is 1. The Morgan fingerprint density at radius 3 is 2.45 bits per heavy atom. The molecule has 1 aromatic carbocycles. The van der Waals surface area contributed by atoms with E-state index in [4.69, 9.17) is 17.3 Å². The molecule has 3 aromatic rings. The van der Waals surface area contributed by atoms with Crippen LogP contribution in [0.25, 0.3) is 22.3 Å². The highest BCUT2D eigenvalue weighted by Crippen LogP contribution is 2.61. The van der Waals surface area contributed by atoms with Crippen molar-refractivity contribution in [2.75, 3.05) is 6.54 Å². The van der Waals surface area contributed by atoms with Gasteiger partial charge in [0.05, 0.1) is 10.7 Å². The fraction of sp³-hybridized carbons (Fsp3) is 0.519. The van der Waals surface area contributed by atoms with Gasteiger partial charge in [0.2, 0.25) is 0 Å². The van der Waals surface area contributed by atoms with Gasteiger partial charge in [0.15, 0.2) is 0 Å². The van der Waals surface area contributed by atoms with Crippen LogP contribution in [0, 0.1) is 17.8 Å². The molecule has 4 saturated carbocycles. The molecule has 4 aliphatic carbocycles. The Bertz CT molecular complexity index is 1080. The average molecular weight is 434 g/mol. The van der Waals surface area contributed by atoms with Crippen molar-refractivity contribution in [3.05, 3.63) is 52.7 Å². The lowest BCUT2D eigenvalue weighted by atomic mass is 9.48. The number of hydrogen-bond donors (Lipinski definition) is 2. The van der Waals surface area contributed by atoms with Crippen molar-refractivity contribution in [3.8, 4) is 11.4 Å². The van der Waals surface area contributed by atoms with Crippen molar-refractivity contribution in [2.45, 2.75) is 63.2 Å². The van der Waals surface area contributed by atoms with Gasteiger partial charge < -0.3 is 10.7 Å². The van der Waals surface area contributed by atoms with Crippen LogP contribution in [0.4, 0.5) is 0 Å². The van der Waals surface area contributed by atoms with E-state index in [0.29, 0.717) is 10.4 Å². The number of pyridine rings is 1. The molecule has 4 bridgehead atoms. The van der Waals surface area contributed by atoms with Gasteiger partial charge in [-0.25, -0.2) is 0 Å². The molecule has 0 unspecified atom stereocenters. The Hall–Kier alpha value is -1.84. The summed E-state index contributed by atoms with van der Waals surface area (Å²) >= 11 is 6.56. The average Bonchev–Trinajstić information content (AvgIpc) is 3.11. The molecule has 162 valence electrons. The van der Waals surface area contributed by atoms with Gasteiger partial charge in [-0.3, -0.25) is 4.98 Å². The molecular weight excluding hydrogens is 402 g/mol. The Kier molecular flexibility index (Phi) is 4.88. The number of unbranched alkanes of at least 4 members (excludes halogenated alkanes) is 1. The van der Waals surface area contributed by atoms with Crippen LogP contribution in [0.1, 0.15) is 62.5 Å². The third kappa shape index (κ3) is 3.32. The maximum absolute atomic E-state index is 6.56. The van der Waals surface area contributed by atoms with Gasteiger partial charge in [0, 0.05) is 17.1 Å². The number of aromatic amines is 1. The number of aromatic nitrogens is 2. The van der Waals surface area contributed by atoms with E-state index >= 15 is 0 Å². The molecule has 0 saturated heterocycles. The first-order chi connectivity index (χ1) is 15.1. The molecule has 0 amide bonds. The number of fused-ring (bicyclic) bond motifs is 1. The molecule has 3 N–H and O–H groups in total. The number of halogens is 1. The van der Waals surface area contributed by atoms with Gasteiger partial charge in [-0.1, -0.05) is 17.7 Å². The number of nitrogens with one attached hydrogen (secondary N) is 1. The van der Waals surface area contributed by atoms with Crippen molar-refractivity contribution in [3.63, 3.8) is 0 Å². The quantitative estimate of drug-likeness (QED) is 0.428. The second-order valence-electron chi connectivity index (χ2n) is 10.5. The standard InChI is InChI=1S/C27H32ClN3/c28-23-5-3-9-30-26(23)25-21(4-1-2-8-29)22-13-20(6-7-24(22)31-25)27-14-17-10-18(15-27)12-19(11-17)16-27/h3,5-7,9,13,17-19,31H,1-2,4,8,10-12,14-16,29H2. The number of hydrogen-bond acceptors (Lipinski definition) is 2. The van der Waals surface area contributed by atoms with Crippen LogP contribution in [-0.4, -0.2) is 16.5 Å². The molecule has 31 heavy (non-hydrogen) atoms. The zero-order valence-corrected chi connectivity index (χ0v) is 18.9. The Labute approximate surface area is 189 Å². The van der Waals surface area contributed by atoms with Crippen molar-refractivity contribution in [1.82, 2.24) is 9.97 Å². The first-order valence-electron chi connectivity index (χ1n) is 12.1. The third-order valence-electron chi connectivity index (χ3n) is 8.43. The van der Waals surface area contributed by atoms with E-state index in [1.54, 1.807) is 5.56 Å². The molecule has 0 atom stereocenters. The van der Waals surface area contributed by atoms with Gasteiger partial charge in [-0.15, -0.1) is 0 Å². The molecule has 7 rings (SSSR count). The number of rotatable bonds is 6. The number of benzene rings is 1. The van der Waals surface area contributed by atoms with Gasteiger partial charge in [-0.05, 0) is 123 Å². The fourth-order valence-corrected chi connectivity index (χ4v) is 7.74. The maximum atomic E-state index is 6.56. The zero-order chi connectivity index (χ0) is 21.0. The first kappa shape index (κ1) is 19.8. The van der Waals surface area contributed by atoms with Gasteiger partial charge in [0.1, 0.15) is 5.69 Å².